The third kappa shape index (κ3) is 3.92. The SMILES string of the molecule is CCN(CC)CC(=O)n1nc(C)cc1CN(C)C. The molecule has 1 rings (SSSR count). The molecule has 0 bridgehead atoms. The Morgan fingerprint density at radius 3 is 2.44 bits per heavy atom. The van der Waals surface area contributed by atoms with Crippen LogP contribution < -0.4 is 0 Å². The summed E-state index contributed by atoms with van der Waals surface area (Å²) in [5.41, 5.74) is 1.84. The minimum atomic E-state index is 0.0450. The van der Waals surface area contributed by atoms with Crippen LogP contribution in [0.1, 0.15) is 30.0 Å². The van der Waals surface area contributed by atoms with E-state index in [9.17, 15) is 4.79 Å². The lowest BCUT2D eigenvalue weighted by Crippen LogP contribution is -2.34. The number of carbonyl (C=O) groups is 1. The molecule has 0 aliphatic carbocycles. The van der Waals surface area contributed by atoms with Crippen molar-refractivity contribution in [2.24, 2.45) is 0 Å². The Morgan fingerprint density at radius 2 is 1.94 bits per heavy atom. The quantitative estimate of drug-likeness (QED) is 0.764. The number of rotatable bonds is 6. The second-order valence-corrected chi connectivity index (χ2v) is 4.78. The maximum Gasteiger partial charge on any atom is 0.261 e. The molecule has 18 heavy (non-hydrogen) atoms. The first-order valence-corrected chi connectivity index (χ1v) is 6.43. The maximum absolute atomic E-state index is 12.2. The van der Waals surface area contributed by atoms with Crippen molar-refractivity contribution in [2.45, 2.75) is 27.3 Å². The van der Waals surface area contributed by atoms with E-state index in [1.807, 2.05) is 32.0 Å². The first-order chi connectivity index (χ1) is 8.47. The fourth-order valence-corrected chi connectivity index (χ4v) is 1.91. The molecule has 0 unspecified atom stereocenters. The van der Waals surface area contributed by atoms with Crippen molar-refractivity contribution in [3.8, 4) is 0 Å². The summed E-state index contributed by atoms with van der Waals surface area (Å²) in [5, 5.41) is 4.30. The van der Waals surface area contributed by atoms with Crippen LogP contribution in [0.5, 0.6) is 0 Å². The van der Waals surface area contributed by atoms with E-state index in [4.69, 9.17) is 0 Å². The Morgan fingerprint density at radius 1 is 1.33 bits per heavy atom. The van der Waals surface area contributed by atoms with Crippen LogP contribution in [-0.4, -0.2) is 59.2 Å². The monoisotopic (exact) mass is 252 g/mol. The molecule has 0 aliphatic heterocycles. The van der Waals surface area contributed by atoms with Crippen molar-refractivity contribution in [3.63, 3.8) is 0 Å². The van der Waals surface area contributed by atoms with Gasteiger partial charge in [0, 0.05) is 6.54 Å². The van der Waals surface area contributed by atoms with E-state index in [-0.39, 0.29) is 5.91 Å². The molecular weight excluding hydrogens is 228 g/mol. The fourth-order valence-electron chi connectivity index (χ4n) is 1.91. The van der Waals surface area contributed by atoms with Crippen molar-refractivity contribution in [3.05, 3.63) is 17.5 Å². The molecule has 0 aliphatic rings. The van der Waals surface area contributed by atoms with Crippen LogP contribution in [-0.2, 0) is 6.54 Å². The van der Waals surface area contributed by atoms with E-state index < -0.39 is 0 Å². The van der Waals surface area contributed by atoms with Crippen LogP contribution in [0.25, 0.3) is 0 Å². The van der Waals surface area contributed by atoms with Crippen LogP contribution in [0.15, 0.2) is 6.07 Å². The zero-order chi connectivity index (χ0) is 13.7. The summed E-state index contributed by atoms with van der Waals surface area (Å²) in [5.74, 6) is 0.0450. The molecule has 0 N–H and O–H groups in total. The number of aromatic nitrogens is 2. The lowest BCUT2D eigenvalue weighted by atomic mass is 10.3. The normalized spacial score (nSPS) is 11.5. The van der Waals surface area contributed by atoms with Gasteiger partial charge in [-0.3, -0.25) is 9.69 Å². The van der Waals surface area contributed by atoms with Gasteiger partial charge in [-0.25, -0.2) is 4.68 Å². The highest BCUT2D eigenvalue weighted by atomic mass is 16.2. The topological polar surface area (TPSA) is 41.4 Å². The van der Waals surface area contributed by atoms with Gasteiger partial charge in [-0.1, -0.05) is 13.8 Å². The van der Waals surface area contributed by atoms with Crippen LogP contribution in [0, 0.1) is 6.92 Å². The minimum absolute atomic E-state index is 0.0450. The van der Waals surface area contributed by atoms with Crippen LogP contribution in [0.2, 0.25) is 0 Å². The van der Waals surface area contributed by atoms with E-state index in [1.165, 1.54) is 0 Å². The summed E-state index contributed by atoms with van der Waals surface area (Å²) in [4.78, 5) is 16.4. The first-order valence-electron chi connectivity index (χ1n) is 6.43. The molecule has 1 heterocycles. The zero-order valence-electron chi connectivity index (χ0n) is 12.1. The fraction of sp³-hybridized carbons (Fsp3) is 0.692. The molecule has 1 aromatic heterocycles. The second kappa shape index (κ2) is 6.66. The number of likely N-dealkylation sites (N-methyl/N-ethyl adjacent to an activating group) is 1. The van der Waals surface area contributed by atoms with Crippen molar-refractivity contribution in [2.75, 3.05) is 33.7 Å². The molecule has 102 valence electrons. The van der Waals surface area contributed by atoms with Gasteiger partial charge in [0.25, 0.3) is 5.91 Å². The highest BCUT2D eigenvalue weighted by Crippen LogP contribution is 2.06. The van der Waals surface area contributed by atoms with Crippen molar-refractivity contribution >= 4 is 5.91 Å². The summed E-state index contributed by atoms with van der Waals surface area (Å²) in [7, 11) is 3.98. The standard InChI is InChI=1S/C13H24N4O/c1-6-16(7-2)10-13(18)17-12(9-15(4)5)8-11(3)14-17/h8H,6-7,9-10H2,1-5H3. The summed E-state index contributed by atoms with van der Waals surface area (Å²) >= 11 is 0. The number of aryl methyl sites for hydroxylation is 1. The Hall–Kier alpha value is -1.20. The highest BCUT2D eigenvalue weighted by Gasteiger charge is 2.15. The third-order valence-electron chi connectivity index (χ3n) is 2.87. The largest absolute Gasteiger partial charge is 0.304 e. The smallest absolute Gasteiger partial charge is 0.261 e. The molecule has 0 saturated heterocycles. The zero-order valence-corrected chi connectivity index (χ0v) is 12.1. The first kappa shape index (κ1) is 14.9. The molecule has 0 spiro atoms. The van der Waals surface area contributed by atoms with Gasteiger partial charge in [0.15, 0.2) is 0 Å². The lowest BCUT2D eigenvalue weighted by Gasteiger charge is -2.18. The Kier molecular flexibility index (Phi) is 5.50. The number of hydrogen-bond donors (Lipinski definition) is 0. The van der Waals surface area contributed by atoms with Gasteiger partial charge in [0.2, 0.25) is 0 Å². The summed E-state index contributed by atoms with van der Waals surface area (Å²) in [6, 6.07) is 1.97. The van der Waals surface area contributed by atoms with Gasteiger partial charge in [-0.05, 0) is 40.2 Å². The maximum atomic E-state index is 12.2. The highest BCUT2D eigenvalue weighted by molar-refractivity contribution is 5.80. The number of nitrogens with zero attached hydrogens (tertiary/aromatic N) is 4. The number of carbonyl (C=O) groups excluding carboxylic acids is 1. The average molecular weight is 252 g/mol. The molecule has 1 aromatic rings. The summed E-state index contributed by atoms with van der Waals surface area (Å²) < 4.78 is 1.55. The molecular formula is C13H24N4O. The van der Waals surface area contributed by atoms with Crippen molar-refractivity contribution in [1.29, 1.82) is 0 Å². The molecule has 0 radical (unpaired) electrons. The molecule has 0 fully saturated rings. The Bertz CT molecular complexity index is 394. The van der Waals surface area contributed by atoms with Gasteiger partial charge < -0.3 is 4.90 Å². The van der Waals surface area contributed by atoms with Gasteiger partial charge in [-0.15, -0.1) is 0 Å². The van der Waals surface area contributed by atoms with Crippen molar-refractivity contribution in [1.82, 2.24) is 19.6 Å². The van der Waals surface area contributed by atoms with Crippen LogP contribution in [0.4, 0.5) is 0 Å². The lowest BCUT2D eigenvalue weighted by molar-refractivity contribution is 0.0832. The van der Waals surface area contributed by atoms with E-state index >= 15 is 0 Å². The Balaban J connectivity index is 2.84. The Labute approximate surface area is 109 Å². The second-order valence-electron chi connectivity index (χ2n) is 4.78. The summed E-state index contributed by atoms with van der Waals surface area (Å²) in [6.45, 7) is 8.95. The van der Waals surface area contributed by atoms with Gasteiger partial charge in [0.05, 0.1) is 17.9 Å². The van der Waals surface area contributed by atoms with Gasteiger partial charge in [0.1, 0.15) is 0 Å². The van der Waals surface area contributed by atoms with Crippen LogP contribution >= 0.6 is 0 Å². The number of hydrogen-bond acceptors (Lipinski definition) is 4. The molecule has 5 heteroatoms. The molecule has 0 saturated carbocycles. The molecule has 0 amide bonds. The average Bonchev–Trinajstić information content (AvgIpc) is 2.66. The van der Waals surface area contributed by atoms with E-state index in [0.29, 0.717) is 6.54 Å². The van der Waals surface area contributed by atoms with E-state index in [0.717, 1.165) is 31.0 Å². The van der Waals surface area contributed by atoms with E-state index in [1.54, 1.807) is 4.68 Å². The molecule has 0 aromatic carbocycles. The molecule has 0 atom stereocenters. The predicted octanol–water partition coefficient (Wildman–Crippen LogP) is 1.24. The van der Waals surface area contributed by atoms with Crippen molar-refractivity contribution < 1.29 is 4.79 Å². The predicted molar refractivity (Wildman–Crippen MR) is 72.8 cm³/mol. The van der Waals surface area contributed by atoms with Crippen LogP contribution in [0.3, 0.4) is 0 Å². The third-order valence-corrected chi connectivity index (χ3v) is 2.87. The minimum Gasteiger partial charge on any atom is -0.304 e. The van der Waals surface area contributed by atoms with Gasteiger partial charge >= 0.3 is 0 Å². The van der Waals surface area contributed by atoms with Gasteiger partial charge in [-0.2, -0.15) is 5.10 Å². The molecule has 5 nitrogen and oxygen atoms in total. The van der Waals surface area contributed by atoms with E-state index in [2.05, 4.69) is 23.8 Å². The summed E-state index contributed by atoms with van der Waals surface area (Å²) in [6.07, 6.45) is 0.